The van der Waals surface area contributed by atoms with Gasteiger partial charge in [-0.05, 0) is 48.4 Å². The van der Waals surface area contributed by atoms with Gasteiger partial charge in [-0.25, -0.2) is 0 Å². The maximum absolute atomic E-state index is 12.0. The number of carbonyl (C=O) groups is 1. The number of amides is 1. The monoisotopic (exact) mass is 298 g/mol. The number of H-pyrrole nitrogens is 1. The van der Waals surface area contributed by atoms with E-state index in [1.165, 1.54) is 43.2 Å². The van der Waals surface area contributed by atoms with Crippen LogP contribution < -0.4 is 5.32 Å². The first-order valence-corrected chi connectivity index (χ1v) is 8.55. The van der Waals surface area contributed by atoms with Gasteiger partial charge >= 0.3 is 0 Å². The summed E-state index contributed by atoms with van der Waals surface area (Å²) in [7, 11) is 0. The van der Waals surface area contributed by atoms with E-state index >= 15 is 0 Å². The molecule has 0 aliphatic heterocycles. The van der Waals surface area contributed by atoms with Crippen LogP contribution >= 0.6 is 0 Å². The smallest absolute Gasteiger partial charge is 0.220 e. The number of aryl methyl sites for hydroxylation is 1. The van der Waals surface area contributed by atoms with Crippen LogP contribution in [0.2, 0.25) is 0 Å². The van der Waals surface area contributed by atoms with E-state index in [4.69, 9.17) is 0 Å². The van der Waals surface area contributed by atoms with E-state index < -0.39 is 0 Å². The molecule has 1 saturated carbocycles. The van der Waals surface area contributed by atoms with Gasteiger partial charge in [-0.15, -0.1) is 0 Å². The molecule has 1 amide bonds. The molecule has 3 nitrogen and oxygen atoms in total. The van der Waals surface area contributed by atoms with E-state index in [1.54, 1.807) is 0 Å². The summed E-state index contributed by atoms with van der Waals surface area (Å²) < 4.78 is 0. The minimum Gasteiger partial charge on any atom is -0.359 e. The lowest BCUT2D eigenvalue weighted by Crippen LogP contribution is -2.23. The molecule has 1 aromatic carbocycles. The predicted octanol–water partition coefficient (Wildman–Crippen LogP) is 4.45. The van der Waals surface area contributed by atoms with Crippen molar-refractivity contribution in [2.45, 2.75) is 58.4 Å². The lowest BCUT2D eigenvalue weighted by atomic mass is 9.86. The summed E-state index contributed by atoms with van der Waals surface area (Å²) >= 11 is 0. The summed E-state index contributed by atoms with van der Waals surface area (Å²) in [5, 5.41) is 4.28. The average molecular weight is 298 g/mol. The molecular formula is C19H26N2O. The maximum atomic E-state index is 12.0. The Morgan fingerprint density at radius 3 is 2.86 bits per heavy atom. The highest BCUT2D eigenvalue weighted by Gasteiger charge is 2.14. The van der Waals surface area contributed by atoms with E-state index in [2.05, 4.69) is 41.5 Å². The number of benzene rings is 1. The molecule has 0 spiro atoms. The highest BCUT2D eigenvalue weighted by atomic mass is 16.1. The van der Waals surface area contributed by atoms with Crippen molar-refractivity contribution in [3.63, 3.8) is 0 Å². The SMILES string of the molecule is Cc1cc2cc(CNC(=O)CCC3CCCCC3)ccc2[nH]1. The summed E-state index contributed by atoms with van der Waals surface area (Å²) in [6.45, 7) is 2.69. The van der Waals surface area contributed by atoms with Gasteiger partial charge < -0.3 is 10.3 Å². The minimum atomic E-state index is 0.191. The van der Waals surface area contributed by atoms with Crippen molar-refractivity contribution in [2.24, 2.45) is 5.92 Å². The standard InChI is InChI=1S/C19H26N2O/c1-14-11-17-12-16(7-9-18(17)21-14)13-20-19(22)10-8-15-5-3-2-4-6-15/h7,9,11-12,15,21H,2-6,8,10,13H2,1H3,(H,20,22). The molecule has 2 aromatic rings. The molecular weight excluding hydrogens is 272 g/mol. The fourth-order valence-electron chi connectivity index (χ4n) is 3.54. The van der Waals surface area contributed by atoms with Crippen LogP contribution in [-0.4, -0.2) is 10.9 Å². The van der Waals surface area contributed by atoms with Crippen LogP contribution in [0.4, 0.5) is 0 Å². The van der Waals surface area contributed by atoms with E-state index in [0.29, 0.717) is 13.0 Å². The molecule has 0 saturated heterocycles. The van der Waals surface area contributed by atoms with Gasteiger partial charge in [0.15, 0.2) is 0 Å². The highest BCUT2D eigenvalue weighted by molar-refractivity contribution is 5.81. The largest absolute Gasteiger partial charge is 0.359 e. The second-order valence-corrected chi connectivity index (χ2v) is 6.69. The van der Waals surface area contributed by atoms with Gasteiger partial charge in [0.1, 0.15) is 0 Å². The molecule has 1 heterocycles. The zero-order chi connectivity index (χ0) is 15.4. The number of hydrogen-bond acceptors (Lipinski definition) is 1. The van der Waals surface area contributed by atoms with Gasteiger partial charge in [0.05, 0.1) is 0 Å². The Morgan fingerprint density at radius 1 is 1.23 bits per heavy atom. The molecule has 118 valence electrons. The van der Waals surface area contributed by atoms with E-state index in [0.717, 1.165) is 23.4 Å². The zero-order valence-electron chi connectivity index (χ0n) is 13.5. The number of nitrogens with one attached hydrogen (secondary N) is 2. The first-order chi connectivity index (χ1) is 10.7. The van der Waals surface area contributed by atoms with Crippen molar-refractivity contribution >= 4 is 16.8 Å². The molecule has 0 bridgehead atoms. The Morgan fingerprint density at radius 2 is 2.05 bits per heavy atom. The Labute approximate surface area is 132 Å². The first kappa shape index (κ1) is 15.1. The van der Waals surface area contributed by atoms with Crippen LogP contribution in [-0.2, 0) is 11.3 Å². The number of aromatic amines is 1. The fourth-order valence-corrected chi connectivity index (χ4v) is 3.54. The van der Waals surface area contributed by atoms with Crippen molar-refractivity contribution in [2.75, 3.05) is 0 Å². The third-order valence-electron chi connectivity index (χ3n) is 4.81. The van der Waals surface area contributed by atoms with Crippen LogP contribution in [0.1, 0.15) is 56.2 Å². The molecule has 0 radical (unpaired) electrons. The molecule has 0 atom stereocenters. The lowest BCUT2D eigenvalue weighted by Gasteiger charge is -2.20. The van der Waals surface area contributed by atoms with Gasteiger partial charge in [-0.2, -0.15) is 0 Å². The second-order valence-electron chi connectivity index (χ2n) is 6.69. The predicted molar refractivity (Wildman–Crippen MR) is 90.7 cm³/mol. The topological polar surface area (TPSA) is 44.9 Å². The van der Waals surface area contributed by atoms with Crippen molar-refractivity contribution in [3.8, 4) is 0 Å². The second kappa shape index (κ2) is 6.99. The summed E-state index contributed by atoms with van der Waals surface area (Å²) in [4.78, 5) is 15.3. The van der Waals surface area contributed by atoms with Gasteiger partial charge in [-0.3, -0.25) is 4.79 Å². The van der Waals surface area contributed by atoms with Gasteiger partial charge in [0.25, 0.3) is 0 Å². The van der Waals surface area contributed by atoms with Crippen LogP contribution in [0.3, 0.4) is 0 Å². The van der Waals surface area contributed by atoms with Gasteiger partial charge in [0, 0.05) is 24.2 Å². The fraction of sp³-hybridized carbons (Fsp3) is 0.526. The number of fused-ring (bicyclic) bond motifs is 1. The van der Waals surface area contributed by atoms with E-state index in [-0.39, 0.29) is 5.91 Å². The third kappa shape index (κ3) is 3.90. The Hall–Kier alpha value is -1.77. The Bertz CT molecular complexity index is 638. The number of rotatable bonds is 5. The quantitative estimate of drug-likeness (QED) is 0.841. The molecule has 1 aromatic heterocycles. The van der Waals surface area contributed by atoms with E-state index in [1.807, 2.05) is 0 Å². The normalized spacial score (nSPS) is 16.0. The maximum Gasteiger partial charge on any atom is 0.220 e. The highest BCUT2D eigenvalue weighted by Crippen LogP contribution is 2.27. The summed E-state index contributed by atoms with van der Waals surface area (Å²) in [5.41, 5.74) is 3.49. The molecule has 1 aliphatic rings. The van der Waals surface area contributed by atoms with E-state index in [9.17, 15) is 4.79 Å². The van der Waals surface area contributed by atoms with Crippen molar-refractivity contribution in [1.29, 1.82) is 0 Å². The molecule has 1 aliphatic carbocycles. The molecule has 0 unspecified atom stereocenters. The van der Waals surface area contributed by atoms with Crippen molar-refractivity contribution in [3.05, 3.63) is 35.5 Å². The van der Waals surface area contributed by atoms with Crippen molar-refractivity contribution < 1.29 is 4.79 Å². The molecule has 2 N–H and O–H groups in total. The summed E-state index contributed by atoms with van der Waals surface area (Å²) in [5.74, 6) is 0.967. The lowest BCUT2D eigenvalue weighted by molar-refractivity contribution is -0.121. The van der Waals surface area contributed by atoms with Gasteiger partial charge in [0.2, 0.25) is 5.91 Å². The number of aromatic nitrogens is 1. The van der Waals surface area contributed by atoms with Gasteiger partial charge in [-0.1, -0.05) is 38.2 Å². The third-order valence-corrected chi connectivity index (χ3v) is 4.81. The molecule has 3 heteroatoms. The Kier molecular flexibility index (Phi) is 4.81. The van der Waals surface area contributed by atoms with Crippen LogP contribution in [0.15, 0.2) is 24.3 Å². The first-order valence-electron chi connectivity index (χ1n) is 8.55. The number of carbonyl (C=O) groups excluding carboxylic acids is 1. The summed E-state index contributed by atoms with van der Waals surface area (Å²) in [6.07, 6.45) is 8.44. The molecule has 22 heavy (non-hydrogen) atoms. The van der Waals surface area contributed by atoms with Crippen LogP contribution in [0, 0.1) is 12.8 Å². The average Bonchev–Trinajstić information content (AvgIpc) is 2.91. The van der Waals surface area contributed by atoms with Crippen LogP contribution in [0.25, 0.3) is 10.9 Å². The number of hydrogen-bond donors (Lipinski definition) is 2. The minimum absolute atomic E-state index is 0.191. The Balaban J connectivity index is 1.46. The summed E-state index contributed by atoms with van der Waals surface area (Å²) in [6, 6.07) is 8.47. The van der Waals surface area contributed by atoms with Crippen molar-refractivity contribution in [1.82, 2.24) is 10.3 Å². The molecule has 1 fully saturated rings. The zero-order valence-corrected chi connectivity index (χ0v) is 13.5. The van der Waals surface area contributed by atoms with Crippen LogP contribution in [0.5, 0.6) is 0 Å². The molecule has 3 rings (SSSR count).